The molecule has 5 rings (SSSR count). The number of methoxy groups -OCH3 is 1. The lowest BCUT2D eigenvalue weighted by Crippen LogP contribution is -2.42. The van der Waals surface area contributed by atoms with Crippen LogP contribution in [0.5, 0.6) is 5.88 Å². The molecule has 3 atom stereocenters. The molecule has 3 N–H and O–H groups in total. The van der Waals surface area contributed by atoms with Crippen LogP contribution in [0.1, 0.15) is 33.9 Å². The van der Waals surface area contributed by atoms with Crippen molar-refractivity contribution in [2.45, 2.75) is 37.0 Å². The first-order chi connectivity index (χ1) is 20.3. The van der Waals surface area contributed by atoms with E-state index in [4.69, 9.17) is 10.5 Å². The highest BCUT2D eigenvalue weighted by Crippen LogP contribution is 2.39. The SMILES string of the molecule is COc1ncc(-c2cc(C(F)(F)F)c3c(N)ncnn23)cc1C(=O)N[C@@H]1CN(C(CC(F)(F)F)c2ccccc2)C[C@@H]1F. The number of halogens is 7. The third-order valence-corrected chi connectivity index (χ3v) is 7.12. The minimum absolute atomic E-state index is 0.0220. The Labute approximate surface area is 239 Å². The van der Waals surface area contributed by atoms with Gasteiger partial charge in [-0.05, 0) is 17.7 Å². The molecule has 0 spiro atoms. The standard InChI is InChI=1S/C27H24F7N7O2/c1-43-25-16(7-15(10-36-25)20-8-17(27(32,33)34)22-23(35)37-13-38-41(20)22)24(42)39-19-12-40(11-18(19)28)21(9-26(29,30)31)14-5-3-2-4-6-14/h2-8,10,13,18-19,21H,9,11-12H2,1H3,(H,39,42)(H2,35,37,38)/t18-,19+,21?/m0/s1. The van der Waals surface area contributed by atoms with E-state index in [1.54, 1.807) is 18.2 Å². The molecule has 0 radical (unpaired) electrons. The van der Waals surface area contributed by atoms with Crippen molar-refractivity contribution in [3.63, 3.8) is 0 Å². The highest BCUT2D eigenvalue weighted by Gasteiger charge is 2.42. The number of alkyl halides is 7. The maximum absolute atomic E-state index is 15.2. The fraction of sp³-hybridized carbons (Fsp3) is 0.333. The Balaban J connectivity index is 1.44. The largest absolute Gasteiger partial charge is 0.480 e. The molecule has 0 bridgehead atoms. The molecule has 43 heavy (non-hydrogen) atoms. The number of hydrogen-bond donors (Lipinski definition) is 2. The third-order valence-electron chi connectivity index (χ3n) is 7.12. The van der Waals surface area contributed by atoms with E-state index in [2.05, 4.69) is 20.4 Å². The number of nitrogen functional groups attached to an aromatic ring is 1. The van der Waals surface area contributed by atoms with Crippen LogP contribution in [0.15, 0.2) is 55.0 Å². The molecule has 228 valence electrons. The van der Waals surface area contributed by atoms with Gasteiger partial charge in [-0.3, -0.25) is 9.69 Å². The van der Waals surface area contributed by atoms with E-state index in [0.717, 1.165) is 23.1 Å². The molecule has 1 aliphatic rings. The molecule has 1 saturated heterocycles. The molecule has 16 heteroatoms. The summed E-state index contributed by atoms with van der Waals surface area (Å²) >= 11 is 0. The van der Waals surface area contributed by atoms with Crippen LogP contribution in [0.4, 0.5) is 36.6 Å². The molecule has 1 unspecified atom stereocenters. The summed E-state index contributed by atoms with van der Waals surface area (Å²) in [7, 11) is 1.21. The quantitative estimate of drug-likeness (QED) is 0.288. The van der Waals surface area contributed by atoms with Gasteiger partial charge in [0, 0.05) is 30.9 Å². The fourth-order valence-corrected chi connectivity index (χ4v) is 5.19. The maximum Gasteiger partial charge on any atom is 0.418 e. The second-order valence-electron chi connectivity index (χ2n) is 9.92. The van der Waals surface area contributed by atoms with Crippen molar-refractivity contribution in [2.75, 3.05) is 25.9 Å². The number of ether oxygens (including phenoxy) is 1. The molecule has 3 aromatic heterocycles. The number of aromatic nitrogens is 4. The van der Waals surface area contributed by atoms with Crippen LogP contribution in [-0.2, 0) is 6.18 Å². The number of pyridine rings is 1. The van der Waals surface area contributed by atoms with Gasteiger partial charge in [0.15, 0.2) is 5.82 Å². The lowest BCUT2D eigenvalue weighted by atomic mass is 10.0. The number of nitrogens with zero attached hydrogens (tertiary/aromatic N) is 5. The van der Waals surface area contributed by atoms with Crippen LogP contribution in [0.3, 0.4) is 0 Å². The number of rotatable bonds is 7. The number of anilines is 1. The number of carbonyl (C=O) groups is 1. The zero-order chi connectivity index (χ0) is 31.1. The predicted octanol–water partition coefficient (Wildman–Crippen LogP) is 4.85. The number of nitrogens with two attached hydrogens (primary N) is 1. The highest BCUT2D eigenvalue weighted by molar-refractivity contribution is 5.98. The van der Waals surface area contributed by atoms with Gasteiger partial charge >= 0.3 is 12.4 Å². The molecule has 1 aromatic carbocycles. The highest BCUT2D eigenvalue weighted by atomic mass is 19.4. The Hall–Kier alpha value is -4.47. The maximum atomic E-state index is 15.2. The number of amides is 1. The van der Waals surface area contributed by atoms with Crippen molar-refractivity contribution in [3.8, 4) is 17.1 Å². The van der Waals surface area contributed by atoms with E-state index in [1.807, 2.05) is 0 Å². The summed E-state index contributed by atoms with van der Waals surface area (Å²) in [4.78, 5) is 22.3. The van der Waals surface area contributed by atoms with Crippen LogP contribution in [-0.4, -0.2) is 69.0 Å². The molecular formula is C27H24F7N7O2. The molecule has 4 heterocycles. The van der Waals surface area contributed by atoms with Crippen LogP contribution in [0.2, 0.25) is 0 Å². The number of likely N-dealkylation sites (tertiary alicyclic amines) is 1. The van der Waals surface area contributed by atoms with Gasteiger partial charge in [0.05, 0.1) is 30.8 Å². The van der Waals surface area contributed by atoms with Gasteiger partial charge in [-0.25, -0.2) is 18.9 Å². The Bertz CT molecular complexity index is 1630. The van der Waals surface area contributed by atoms with Crippen molar-refractivity contribution < 1.29 is 40.3 Å². The summed E-state index contributed by atoms with van der Waals surface area (Å²) in [5.41, 5.74) is 4.10. The van der Waals surface area contributed by atoms with E-state index < -0.39 is 59.8 Å². The molecule has 9 nitrogen and oxygen atoms in total. The second-order valence-corrected chi connectivity index (χ2v) is 9.92. The lowest BCUT2D eigenvalue weighted by molar-refractivity contribution is -0.147. The van der Waals surface area contributed by atoms with Gasteiger partial charge in [-0.1, -0.05) is 30.3 Å². The average molecular weight is 612 g/mol. The number of benzene rings is 1. The summed E-state index contributed by atoms with van der Waals surface area (Å²) in [5.74, 6) is -1.53. The minimum Gasteiger partial charge on any atom is -0.480 e. The third kappa shape index (κ3) is 6.18. The topological polar surface area (TPSA) is 111 Å². The van der Waals surface area contributed by atoms with Gasteiger partial charge in [0.25, 0.3) is 5.91 Å². The zero-order valence-corrected chi connectivity index (χ0v) is 22.3. The van der Waals surface area contributed by atoms with Gasteiger partial charge in [-0.2, -0.15) is 31.4 Å². The van der Waals surface area contributed by atoms with Crippen molar-refractivity contribution in [2.24, 2.45) is 0 Å². The van der Waals surface area contributed by atoms with Crippen LogP contribution in [0, 0.1) is 0 Å². The first-order valence-electron chi connectivity index (χ1n) is 12.8. The predicted molar refractivity (Wildman–Crippen MR) is 140 cm³/mol. The number of hydrogen-bond acceptors (Lipinski definition) is 7. The summed E-state index contributed by atoms with van der Waals surface area (Å²) < 4.78 is 103. The second kappa shape index (κ2) is 11.3. The monoisotopic (exact) mass is 611 g/mol. The molecule has 4 aromatic rings. The van der Waals surface area contributed by atoms with Gasteiger partial charge in [-0.15, -0.1) is 0 Å². The number of carbonyl (C=O) groups excluding carboxylic acids is 1. The van der Waals surface area contributed by atoms with Crippen molar-refractivity contribution in [1.82, 2.24) is 29.8 Å². The van der Waals surface area contributed by atoms with Gasteiger partial charge in [0.1, 0.15) is 23.6 Å². The van der Waals surface area contributed by atoms with Crippen LogP contribution >= 0.6 is 0 Å². The Morgan fingerprint density at radius 1 is 1.12 bits per heavy atom. The summed E-state index contributed by atoms with van der Waals surface area (Å²) in [6.07, 6.45) is -10.1. The zero-order valence-electron chi connectivity index (χ0n) is 22.3. The first-order valence-corrected chi connectivity index (χ1v) is 12.8. The molecule has 1 fully saturated rings. The minimum atomic E-state index is -4.81. The molecular weight excluding hydrogens is 587 g/mol. The van der Waals surface area contributed by atoms with Gasteiger partial charge in [0.2, 0.25) is 5.88 Å². The van der Waals surface area contributed by atoms with Crippen molar-refractivity contribution in [1.29, 1.82) is 0 Å². The fourth-order valence-electron chi connectivity index (χ4n) is 5.19. The van der Waals surface area contributed by atoms with E-state index in [1.165, 1.54) is 30.2 Å². The van der Waals surface area contributed by atoms with Crippen LogP contribution < -0.4 is 15.8 Å². The Morgan fingerprint density at radius 3 is 2.49 bits per heavy atom. The Kier molecular flexibility index (Phi) is 7.89. The van der Waals surface area contributed by atoms with E-state index in [0.29, 0.717) is 5.56 Å². The van der Waals surface area contributed by atoms with Crippen molar-refractivity contribution >= 4 is 17.2 Å². The molecule has 1 aliphatic heterocycles. The number of fused-ring (bicyclic) bond motifs is 1. The van der Waals surface area contributed by atoms with E-state index in [-0.39, 0.29) is 35.8 Å². The summed E-state index contributed by atoms with van der Waals surface area (Å²) in [5, 5.41) is 6.35. The lowest BCUT2D eigenvalue weighted by Gasteiger charge is -2.29. The first kappa shape index (κ1) is 30.0. The van der Waals surface area contributed by atoms with Gasteiger partial charge < -0.3 is 15.8 Å². The van der Waals surface area contributed by atoms with Crippen molar-refractivity contribution in [3.05, 3.63) is 71.7 Å². The molecule has 0 saturated carbocycles. The summed E-state index contributed by atoms with van der Waals surface area (Å²) in [6.45, 7) is -0.597. The number of nitrogens with one attached hydrogen (secondary N) is 1. The summed E-state index contributed by atoms with van der Waals surface area (Å²) in [6, 6.07) is 7.45. The Morgan fingerprint density at radius 2 is 1.84 bits per heavy atom. The molecule has 0 aliphatic carbocycles. The van der Waals surface area contributed by atoms with Crippen LogP contribution in [0.25, 0.3) is 16.8 Å². The average Bonchev–Trinajstić information content (AvgIpc) is 3.53. The smallest absolute Gasteiger partial charge is 0.418 e. The van der Waals surface area contributed by atoms with E-state index >= 15 is 4.39 Å². The molecule has 1 amide bonds. The normalized spacial score (nSPS) is 18.6. The van der Waals surface area contributed by atoms with E-state index in [9.17, 15) is 31.1 Å².